The van der Waals surface area contributed by atoms with E-state index in [1.54, 1.807) is 0 Å². The number of hydrogen-bond donors (Lipinski definition) is 1. The molecule has 0 spiro atoms. The van der Waals surface area contributed by atoms with Gasteiger partial charge in [0.2, 0.25) is 5.95 Å². The predicted molar refractivity (Wildman–Crippen MR) is 138 cm³/mol. The normalized spacial score (nSPS) is 15.1. The van der Waals surface area contributed by atoms with Gasteiger partial charge in [-0.1, -0.05) is 36.4 Å². The monoisotopic (exact) mass is 503 g/mol. The van der Waals surface area contributed by atoms with Crippen LogP contribution in [0, 0.1) is 11.3 Å². The Morgan fingerprint density at radius 3 is 2.27 bits per heavy atom. The number of nitrogens with zero attached hydrogens (tertiary/aromatic N) is 4. The van der Waals surface area contributed by atoms with E-state index in [2.05, 4.69) is 20.9 Å². The summed E-state index contributed by atoms with van der Waals surface area (Å²) in [6, 6.07) is 23.4. The second-order valence-electron chi connectivity index (χ2n) is 9.52. The van der Waals surface area contributed by atoms with E-state index < -0.39 is 11.7 Å². The number of imidazole rings is 1. The van der Waals surface area contributed by atoms with Crippen molar-refractivity contribution in [3.05, 3.63) is 95.1 Å². The first-order chi connectivity index (χ1) is 17.9. The molecule has 1 aliphatic heterocycles. The first-order valence-corrected chi connectivity index (χ1v) is 12.5. The van der Waals surface area contributed by atoms with Gasteiger partial charge in [-0.15, -0.1) is 0 Å². The second-order valence-corrected chi connectivity index (χ2v) is 9.52. The highest BCUT2D eigenvalue weighted by Crippen LogP contribution is 2.30. The summed E-state index contributed by atoms with van der Waals surface area (Å²) in [5, 5.41) is 12.6. The lowest BCUT2D eigenvalue weighted by Gasteiger charge is -2.32. The van der Waals surface area contributed by atoms with Crippen molar-refractivity contribution in [2.75, 3.05) is 25.0 Å². The lowest BCUT2D eigenvalue weighted by molar-refractivity contribution is -0.137. The number of anilines is 1. The number of para-hydroxylation sites is 2. The van der Waals surface area contributed by atoms with Gasteiger partial charge in [0.05, 0.1) is 34.8 Å². The third kappa shape index (κ3) is 5.95. The van der Waals surface area contributed by atoms with Crippen molar-refractivity contribution in [3.8, 4) is 6.07 Å². The van der Waals surface area contributed by atoms with Gasteiger partial charge in [-0.3, -0.25) is 0 Å². The highest BCUT2D eigenvalue weighted by molar-refractivity contribution is 5.78. The van der Waals surface area contributed by atoms with Gasteiger partial charge in [0.25, 0.3) is 0 Å². The summed E-state index contributed by atoms with van der Waals surface area (Å²) in [4.78, 5) is 7.26. The van der Waals surface area contributed by atoms with E-state index in [0.717, 1.165) is 73.6 Å². The molecule has 4 aromatic rings. The van der Waals surface area contributed by atoms with Crippen LogP contribution >= 0.6 is 0 Å². The van der Waals surface area contributed by atoms with Crippen molar-refractivity contribution < 1.29 is 13.2 Å². The van der Waals surface area contributed by atoms with E-state index in [1.165, 1.54) is 17.7 Å². The first-order valence-electron chi connectivity index (χ1n) is 12.5. The molecule has 0 saturated carbocycles. The molecule has 0 bridgehead atoms. The van der Waals surface area contributed by atoms with Gasteiger partial charge in [0.1, 0.15) is 0 Å². The second kappa shape index (κ2) is 10.7. The van der Waals surface area contributed by atoms with Crippen LogP contribution in [0.3, 0.4) is 0 Å². The minimum Gasteiger partial charge on any atom is -0.353 e. The molecular weight excluding hydrogens is 475 g/mol. The Kier molecular flexibility index (Phi) is 7.15. The first kappa shape index (κ1) is 24.8. The Morgan fingerprint density at radius 1 is 0.919 bits per heavy atom. The van der Waals surface area contributed by atoms with Crippen LogP contribution in [-0.2, 0) is 19.1 Å². The van der Waals surface area contributed by atoms with Gasteiger partial charge >= 0.3 is 6.18 Å². The van der Waals surface area contributed by atoms with Crippen molar-refractivity contribution in [3.63, 3.8) is 0 Å². The zero-order valence-corrected chi connectivity index (χ0v) is 20.4. The molecular formula is C29H28F3N5. The summed E-state index contributed by atoms with van der Waals surface area (Å²) in [7, 11) is 0. The Labute approximate surface area is 214 Å². The van der Waals surface area contributed by atoms with Crippen LogP contribution in [0.25, 0.3) is 11.0 Å². The number of piperidine rings is 1. The number of likely N-dealkylation sites (tertiary alicyclic amines) is 1. The number of nitrogens with one attached hydrogen (secondary N) is 1. The van der Waals surface area contributed by atoms with Gasteiger partial charge in [0.15, 0.2) is 0 Å². The molecule has 190 valence electrons. The lowest BCUT2D eigenvalue weighted by atomic mass is 10.0. The van der Waals surface area contributed by atoms with E-state index in [0.29, 0.717) is 12.1 Å². The fourth-order valence-electron chi connectivity index (χ4n) is 4.84. The SMILES string of the molecule is N#Cc1ccc(CCN2CCC(Nc3nc4ccccc4n3Cc3ccc(C(F)(F)F)cc3)CC2)cc1. The number of rotatable bonds is 7. The number of benzene rings is 3. The summed E-state index contributed by atoms with van der Waals surface area (Å²) in [6.45, 7) is 3.37. The zero-order chi connectivity index (χ0) is 25.8. The average Bonchev–Trinajstić information content (AvgIpc) is 3.25. The number of fused-ring (bicyclic) bond motifs is 1. The third-order valence-corrected chi connectivity index (χ3v) is 7.00. The molecule has 0 unspecified atom stereocenters. The standard InChI is InChI=1S/C29H28F3N5/c30-29(31,32)24-11-9-23(10-12-24)20-37-27-4-2-1-3-26(27)35-28(37)34-25-14-17-36(18-15-25)16-13-21-5-7-22(19-33)8-6-21/h1-12,25H,13-18,20H2,(H,34,35). The summed E-state index contributed by atoms with van der Waals surface area (Å²) < 4.78 is 41.0. The fourth-order valence-corrected chi connectivity index (χ4v) is 4.84. The Morgan fingerprint density at radius 2 is 1.59 bits per heavy atom. The van der Waals surface area contributed by atoms with Gasteiger partial charge in [-0.2, -0.15) is 18.4 Å². The molecule has 1 N–H and O–H groups in total. The molecule has 5 rings (SSSR count). The molecule has 1 fully saturated rings. The molecule has 0 aliphatic carbocycles. The quantitative estimate of drug-likeness (QED) is 0.331. The van der Waals surface area contributed by atoms with Crippen molar-refractivity contribution in [1.29, 1.82) is 5.26 Å². The molecule has 0 amide bonds. The van der Waals surface area contributed by atoms with Crippen molar-refractivity contribution in [2.45, 2.75) is 38.0 Å². The van der Waals surface area contributed by atoms with Gasteiger partial charge in [-0.05, 0) is 66.8 Å². The van der Waals surface area contributed by atoms with Crippen LogP contribution in [-0.4, -0.2) is 40.1 Å². The highest BCUT2D eigenvalue weighted by atomic mass is 19.4. The van der Waals surface area contributed by atoms with Crippen LogP contribution in [0.1, 0.15) is 35.1 Å². The molecule has 1 aliphatic rings. The molecule has 0 atom stereocenters. The van der Waals surface area contributed by atoms with E-state index in [4.69, 9.17) is 10.2 Å². The summed E-state index contributed by atoms with van der Waals surface area (Å²) in [6.07, 6.45) is -1.43. The van der Waals surface area contributed by atoms with Gasteiger partial charge in [-0.25, -0.2) is 4.98 Å². The van der Waals surface area contributed by atoms with E-state index in [1.807, 2.05) is 48.5 Å². The van der Waals surface area contributed by atoms with E-state index >= 15 is 0 Å². The summed E-state index contributed by atoms with van der Waals surface area (Å²) in [5.41, 5.74) is 3.87. The topological polar surface area (TPSA) is 56.9 Å². The predicted octanol–water partition coefficient (Wildman–Crippen LogP) is 6.09. The maximum atomic E-state index is 13.0. The highest BCUT2D eigenvalue weighted by Gasteiger charge is 2.30. The van der Waals surface area contributed by atoms with Crippen molar-refractivity contribution >= 4 is 17.0 Å². The minimum absolute atomic E-state index is 0.273. The van der Waals surface area contributed by atoms with Crippen LogP contribution in [0.4, 0.5) is 19.1 Å². The molecule has 3 aromatic carbocycles. The van der Waals surface area contributed by atoms with Crippen LogP contribution in [0.2, 0.25) is 0 Å². The lowest BCUT2D eigenvalue weighted by Crippen LogP contribution is -2.40. The maximum absolute atomic E-state index is 13.0. The zero-order valence-electron chi connectivity index (χ0n) is 20.4. The molecule has 5 nitrogen and oxygen atoms in total. The van der Waals surface area contributed by atoms with Crippen LogP contribution < -0.4 is 5.32 Å². The van der Waals surface area contributed by atoms with Gasteiger partial charge < -0.3 is 14.8 Å². The minimum atomic E-state index is -4.34. The van der Waals surface area contributed by atoms with Crippen molar-refractivity contribution in [1.82, 2.24) is 14.5 Å². The van der Waals surface area contributed by atoms with E-state index in [-0.39, 0.29) is 6.04 Å². The van der Waals surface area contributed by atoms with Crippen LogP contribution in [0.15, 0.2) is 72.8 Å². The molecule has 0 radical (unpaired) electrons. The molecule has 1 aromatic heterocycles. The summed E-state index contributed by atoms with van der Waals surface area (Å²) >= 11 is 0. The average molecular weight is 504 g/mol. The Bertz CT molecular complexity index is 1380. The Hall–Kier alpha value is -3.83. The largest absolute Gasteiger partial charge is 0.416 e. The molecule has 37 heavy (non-hydrogen) atoms. The fraction of sp³-hybridized carbons (Fsp3) is 0.310. The smallest absolute Gasteiger partial charge is 0.353 e. The Balaban J connectivity index is 1.23. The summed E-state index contributed by atoms with van der Waals surface area (Å²) in [5.74, 6) is 0.747. The van der Waals surface area contributed by atoms with Crippen LogP contribution in [0.5, 0.6) is 0 Å². The third-order valence-electron chi connectivity index (χ3n) is 7.00. The number of nitriles is 1. The molecule has 8 heteroatoms. The number of hydrogen-bond acceptors (Lipinski definition) is 4. The van der Waals surface area contributed by atoms with E-state index in [9.17, 15) is 13.2 Å². The molecule has 2 heterocycles. The number of alkyl halides is 3. The van der Waals surface area contributed by atoms with Crippen molar-refractivity contribution in [2.24, 2.45) is 0 Å². The van der Waals surface area contributed by atoms with Gasteiger partial charge in [0, 0.05) is 25.7 Å². The molecule has 1 saturated heterocycles. The number of aromatic nitrogens is 2. The number of halogens is 3. The maximum Gasteiger partial charge on any atom is 0.416 e.